The SMILES string of the molecule is O=C(O)CC1CNC(=O)N1CC1CCCO1. The van der Waals surface area contributed by atoms with Gasteiger partial charge < -0.3 is 20.1 Å². The van der Waals surface area contributed by atoms with Crippen LogP contribution in [-0.4, -0.2) is 53.8 Å². The van der Waals surface area contributed by atoms with Gasteiger partial charge in [0.15, 0.2) is 0 Å². The van der Waals surface area contributed by atoms with Crippen molar-refractivity contribution in [2.45, 2.75) is 31.4 Å². The number of carboxylic acid groups (broad SMARTS) is 1. The van der Waals surface area contributed by atoms with Crippen molar-refractivity contribution in [3.05, 3.63) is 0 Å². The van der Waals surface area contributed by atoms with Crippen LogP contribution in [0, 0.1) is 0 Å². The standard InChI is InChI=1S/C10H16N2O4/c13-9(14)4-7-5-11-10(15)12(7)6-8-2-1-3-16-8/h7-8H,1-6H2,(H,11,15)(H,13,14). The summed E-state index contributed by atoms with van der Waals surface area (Å²) in [7, 11) is 0. The number of ether oxygens (including phenoxy) is 1. The number of hydrogen-bond acceptors (Lipinski definition) is 3. The Balaban J connectivity index is 1.92. The zero-order chi connectivity index (χ0) is 11.5. The lowest BCUT2D eigenvalue weighted by Gasteiger charge is -2.24. The van der Waals surface area contributed by atoms with Crippen LogP contribution < -0.4 is 5.32 Å². The first-order valence-corrected chi connectivity index (χ1v) is 5.54. The molecule has 0 aromatic heterocycles. The van der Waals surface area contributed by atoms with Crippen LogP contribution in [-0.2, 0) is 9.53 Å². The van der Waals surface area contributed by atoms with Gasteiger partial charge in [-0.25, -0.2) is 4.79 Å². The van der Waals surface area contributed by atoms with Crippen LogP contribution in [0.15, 0.2) is 0 Å². The second kappa shape index (κ2) is 4.69. The Hall–Kier alpha value is -1.30. The van der Waals surface area contributed by atoms with Gasteiger partial charge in [0.25, 0.3) is 0 Å². The normalized spacial score (nSPS) is 29.5. The van der Waals surface area contributed by atoms with Gasteiger partial charge in [-0.3, -0.25) is 4.79 Å². The molecule has 0 bridgehead atoms. The predicted molar refractivity (Wildman–Crippen MR) is 55.1 cm³/mol. The van der Waals surface area contributed by atoms with E-state index in [9.17, 15) is 9.59 Å². The van der Waals surface area contributed by atoms with E-state index >= 15 is 0 Å². The molecule has 16 heavy (non-hydrogen) atoms. The molecule has 2 heterocycles. The summed E-state index contributed by atoms with van der Waals surface area (Å²) in [5, 5.41) is 11.4. The highest BCUT2D eigenvalue weighted by Gasteiger charge is 2.34. The van der Waals surface area contributed by atoms with Crippen molar-refractivity contribution in [3.8, 4) is 0 Å². The third-order valence-corrected chi connectivity index (χ3v) is 3.03. The van der Waals surface area contributed by atoms with E-state index in [-0.39, 0.29) is 24.6 Å². The molecule has 90 valence electrons. The predicted octanol–water partition coefficient (Wildman–Crippen LogP) is 0.0339. The molecule has 0 aromatic carbocycles. The van der Waals surface area contributed by atoms with Gasteiger partial charge in [-0.15, -0.1) is 0 Å². The molecule has 2 aliphatic heterocycles. The Kier molecular flexibility index (Phi) is 3.28. The molecule has 0 saturated carbocycles. The van der Waals surface area contributed by atoms with E-state index in [1.165, 1.54) is 0 Å². The summed E-state index contributed by atoms with van der Waals surface area (Å²) >= 11 is 0. The fourth-order valence-electron chi connectivity index (χ4n) is 2.21. The molecule has 2 saturated heterocycles. The van der Waals surface area contributed by atoms with Gasteiger partial charge in [-0.05, 0) is 12.8 Å². The van der Waals surface area contributed by atoms with E-state index < -0.39 is 5.97 Å². The number of carbonyl (C=O) groups excluding carboxylic acids is 1. The summed E-state index contributed by atoms with van der Waals surface area (Å²) in [6.45, 7) is 1.66. The summed E-state index contributed by atoms with van der Waals surface area (Å²) in [4.78, 5) is 23.8. The lowest BCUT2D eigenvalue weighted by molar-refractivity contribution is -0.138. The van der Waals surface area contributed by atoms with E-state index in [0.717, 1.165) is 19.4 Å². The highest BCUT2D eigenvalue weighted by molar-refractivity contribution is 5.78. The van der Waals surface area contributed by atoms with Gasteiger partial charge in [-0.1, -0.05) is 0 Å². The second-order valence-corrected chi connectivity index (χ2v) is 4.23. The van der Waals surface area contributed by atoms with E-state index in [2.05, 4.69) is 5.32 Å². The summed E-state index contributed by atoms with van der Waals surface area (Å²) < 4.78 is 5.45. The Morgan fingerprint density at radius 2 is 2.44 bits per heavy atom. The lowest BCUT2D eigenvalue weighted by atomic mass is 10.1. The van der Waals surface area contributed by atoms with Crippen molar-refractivity contribution in [1.82, 2.24) is 10.2 Å². The zero-order valence-electron chi connectivity index (χ0n) is 9.02. The number of aliphatic carboxylic acids is 1. The van der Waals surface area contributed by atoms with Crippen molar-refractivity contribution in [2.24, 2.45) is 0 Å². The topological polar surface area (TPSA) is 78.9 Å². The summed E-state index contributed by atoms with van der Waals surface area (Å²) in [6, 6.07) is -0.420. The number of nitrogens with zero attached hydrogens (tertiary/aromatic N) is 1. The molecule has 2 unspecified atom stereocenters. The smallest absolute Gasteiger partial charge is 0.317 e. The van der Waals surface area contributed by atoms with Crippen LogP contribution in [0.3, 0.4) is 0 Å². The van der Waals surface area contributed by atoms with Crippen molar-refractivity contribution in [2.75, 3.05) is 19.7 Å². The summed E-state index contributed by atoms with van der Waals surface area (Å²) in [5.74, 6) is -0.876. The molecule has 0 aromatic rings. The van der Waals surface area contributed by atoms with Crippen molar-refractivity contribution < 1.29 is 19.4 Å². The summed E-state index contributed by atoms with van der Waals surface area (Å²) in [6.07, 6.45) is 2.03. The van der Waals surface area contributed by atoms with E-state index in [4.69, 9.17) is 9.84 Å². The molecular weight excluding hydrogens is 212 g/mol. The maximum Gasteiger partial charge on any atom is 0.317 e. The maximum absolute atomic E-state index is 11.5. The molecule has 2 atom stereocenters. The van der Waals surface area contributed by atoms with Crippen molar-refractivity contribution >= 4 is 12.0 Å². The molecule has 2 fully saturated rings. The van der Waals surface area contributed by atoms with Gasteiger partial charge in [0.2, 0.25) is 0 Å². The Bertz CT molecular complexity index is 289. The van der Waals surface area contributed by atoms with Crippen molar-refractivity contribution in [1.29, 1.82) is 0 Å². The number of carboxylic acids is 1. The average Bonchev–Trinajstić information content (AvgIpc) is 2.82. The maximum atomic E-state index is 11.5. The first kappa shape index (κ1) is 11.2. The quantitative estimate of drug-likeness (QED) is 0.711. The summed E-state index contributed by atoms with van der Waals surface area (Å²) in [5.41, 5.74) is 0. The monoisotopic (exact) mass is 228 g/mol. The fraction of sp³-hybridized carbons (Fsp3) is 0.800. The van der Waals surface area contributed by atoms with Crippen LogP contribution >= 0.6 is 0 Å². The first-order chi connectivity index (χ1) is 7.66. The number of amides is 2. The van der Waals surface area contributed by atoms with Crippen molar-refractivity contribution in [3.63, 3.8) is 0 Å². The van der Waals surface area contributed by atoms with Gasteiger partial charge in [0.1, 0.15) is 0 Å². The zero-order valence-corrected chi connectivity index (χ0v) is 9.02. The average molecular weight is 228 g/mol. The van der Waals surface area contributed by atoms with Crippen LogP contribution in [0.2, 0.25) is 0 Å². The second-order valence-electron chi connectivity index (χ2n) is 4.23. The Morgan fingerprint density at radius 1 is 1.62 bits per heavy atom. The molecule has 2 amide bonds. The van der Waals surface area contributed by atoms with E-state index in [0.29, 0.717) is 13.1 Å². The Morgan fingerprint density at radius 3 is 3.06 bits per heavy atom. The number of carbonyl (C=O) groups is 2. The molecule has 0 radical (unpaired) electrons. The molecule has 0 spiro atoms. The third kappa shape index (κ3) is 2.44. The number of nitrogens with one attached hydrogen (secondary N) is 1. The van der Waals surface area contributed by atoms with Crippen LogP contribution in [0.4, 0.5) is 4.79 Å². The lowest BCUT2D eigenvalue weighted by Crippen LogP contribution is -2.40. The fourth-order valence-corrected chi connectivity index (χ4v) is 2.21. The minimum Gasteiger partial charge on any atom is -0.481 e. The van der Waals surface area contributed by atoms with E-state index in [1.54, 1.807) is 4.90 Å². The molecule has 6 nitrogen and oxygen atoms in total. The van der Waals surface area contributed by atoms with Crippen LogP contribution in [0.1, 0.15) is 19.3 Å². The number of rotatable bonds is 4. The Labute approximate surface area is 93.6 Å². The molecule has 0 aliphatic carbocycles. The largest absolute Gasteiger partial charge is 0.481 e. The van der Waals surface area contributed by atoms with Gasteiger partial charge in [0.05, 0.1) is 18.6 Å². The van der Waals surface area contributed by atoms with Crippen LogP contribution in [0.25, 0.3) is 0 Å². The highest BCUT2D eigenvalue weighted by Crippen LogP contribution is 2.18. The van der Waals surface area contributed by atoms with Gasteiger partial charge in [0, 0.05) is 19.7 Å². The molecule has 2 rings (SSSR count). The minimum atomic E-state index is -0.876. The molecular formula is C10H16N2O4. The molecule has 2 N–H and O–H groups in total. The number of urea groups is 1. The molecule has 2 aliphatic rings. The van der Waals surface area contributed by atoms with Crippen LogP contribution in [0.5, 0.6) is 0 Å². The van der Waals surface area contributed by atoms with E-state index in [1.807, 2.05) is 0 Å². The first-order valence-electron chi connectivity index (χ1n) is 5.54. The van der Waals surface area contributed by atoms with Gasteiger partial charge in [-0.2, -0.15) is 0 Å². The highest BCUT2D eigenvalue weighted by atomic mass is 16.5. The minimum absolute atomic E-state index is 0.00847. The third-order valence-electron chi connectivity index (χ3n) is 3.03. The van der Waals surface area contributed by atoms with Gasteiger partial charge >= 0.3 is 12.0 Å². The number of hydrogen-bond donors (Lipinski definition) is 2. The molecule has 6 heteroatoms.